The lowest BCUT2D eigenvalue weighted by Crippen LogP contribution is -2.48. The Kier molecular flexibility index (Phi) is 5.07. The van der Waals surface area contributed by atoms with E-state index in [0.717, 1.165) is 48.4 Å². The van der Waals surface area contributed by atoms with Crippen molar-refractivity contribution < 1.29 is 4.74 Å². The van der Waals surface area contributed by atoms with E-state index in [-0.39, 0.29) is 5.56 Å². The van der Waals surface area contributed by atoms with Gasteiger partial charge >= 0.3 is 0 Å². The summed E-state index contributed by atoms with van der Waals surface area (Å²) in [5, 5.41) is 5.95. The van der Waals surface area contributed by atoms with Crippen molar-refractivity contribution in [2.75, 3.05) is 37.7 Å². The van der Waals surface area contributed by atoms with Crippen molar-refractivity contribution in [2.45, 2.75) is 13.6 Å². The standard InChI is InChI=1S/C21H24N4O2/c1-2-27-20-10-6-5-9-19(20)24-13-11-23(12-14-24)16-25-21(26)18-8-4-3-7-17(18)15-22-25/h3-10,15H,2,11-14,16H2,1H3. The molecule has 1 aliphatic heterocycles. The molecule has 0 saturated carbocycles. The van der Waals surface area contributed by atoms with Gasteiger partial charge in [0.2, 0.25) is 0 Å². The molecule has 1 aliphatic rings. The maximum atomic E-state index is 12.7. The van der Waals surface area contributed by atoms with Crippen LogP contribution in [0.3, 0.4) is 0 Å². The Balaban J connectivity index is 1.45. The second kappa shape index (κ2) is 7.80. The van der Waals surface area contributed by atoms with Gasteiger partial charge in [0.25, 0.3) is 5.56 Å². The van der Waals surface area contributed by atoms with Crippen molar-refractivity contribution in [1.82, 2.24) is 14.7 Å². The topological polar surface area (TPSA) is 50.6 Å². The lowest BCUT2D eigenvalue weighted by molar-refractivity contribution is 0.191. The molecule has 0 amide bonds. The minimum atomic E-state index is -0.0304. The third kappa shape index (κ3) is 3.66. The molecule has 0 N–H and O–H groups in total. The van der Waals surface area contributed by atoms with Crippen LogP contribution < -0.4 is 15.2 Å². The van der Waals surface area contributed by atoms with Crippen molar-refractivity contribution in [2.24, 2.45) is 0 Å². The number of aromatic nitrogens is 2. The first-order chi connectivity index (χ1) is 13.3. The fourth-order valence-corrected chi connectivity index (χ4v) is 3.54. The average molecular weight is 364 g/mol. The Bertz CT molecular complexity index is 977. The molecule has 1 saturated heterocycles. The van der Waals surface area contributed by atoms with Crippen LogP contribution in [0.5, 0.6) is 5.75 Å². The zero-order valence-corrected chi connectivity index (χ0v) is 15.5. The SMILES string of the molecule is CCOc1ccccc1N1CCN(Cn2ncc3ccccc3c2=O)CC1. The van der Waals surface area contributed by atoms with Crippen LogP contribution in [0, 0.1) is 0 Å². The minimum Gasteiger partial charge on any atom is -0.492 e. The van der Waals surface area contributed by atoms with Crippen molar-refractivity contribution >= 4 is 16.5 Å². The Morgan fingerprint density at radius 2 is 1.74 bits per heavy atom. The van der Waals surface area contributed by atoms with Crippen molar-refractivity contribution in [1.29, 1.82) is 0 Å². The first-order valence-electron chi connectivity index (χ1n) is 9.40. The van der Waals surface area contributed by atoms with E-state index < -0.39 is 0 Å². The second-order valence-corrected chi connectivity index (χ2v) is 6.68. The van der Waals surface area contributed by atoms with Crippen LogP contribution in [0.4, 0.5) is 5.69 Å². The van der Waals surface area contributed by atoms with Crippen molar-refractivity contribution in [3.8, 4) is 5.75 Å². The molecule has 4 rings (SSSR count). The van der Waals surface area contributed by atoms with Crippen molar-refractivity contribution in [3.05, 3.63) is 65.1 Å². The van der Waals surface area contributed by atoms with Gasteiger partial charge in [-0.3, -0.25) is 9.69 Å². The monoisotopic (exact) mass is 364 g/mol. The summed E-state index contributed by atoms with van der Waals surface area (Å²) in [5.74, 6) is 0.931. The van der Waals surface area contributed by atoms with Gasteiger partial charge in [-0.2, -0.15) is 5.10 Å². The highest BCUT2D eigenvalue weighted by Gasteiger charge is 2.20. The summed E-state index contributed by atoms with van der Waals surface area (Å²) in [6, 6.07) is 15.8. The summed E-state index contributed by atoms with van der Waals surface area (Å²) in [6.07, 6.45) is 1.77. The third-order valence-electron chi connectivity index (χ3n) is 4.97. The molecule has 0 atom stereocenters. The van der Waals surface area contributed by atoms with Gasteiger partial charge in [-0.15, -0.1) is 0 Å². The number of nitrogens with zero attached hydrogens (tertiary/aromatic N) is 4. The summed E-state index contributed by atoms with van der Waals surface area (Å²) in [5.41, 5.74) is 1.11. The van der Waals surface area contributed by atoms with Crippen molar-refractivity contribution in [3.63, 3.8) is 0 Å². The van der Waals surface area contributed by atoms with Crippen LogP contribution in [0.15, 0.2) is 59.5 Å². The number of piperazine rings is 1. The quantitative estimate of drug-likeness (QED) is 0.696. The first kappa shape index (κ1) is 17.5. The molecule has 0 radical (unpaired) electrons. The van der Waals surface area contributed by atoms with Crippen LogP contribution in [-0.2, 0) is 6.67 Å². The minimum absolute atomic E-state index is 0.0304. The normalized spacial score (nSPS) is 15.2. The summed E-state index contributed by atoms with van der Waals surface area (Å²) in [4.78, 5) is 17.3. The van der Waals surface area contributed by atoms with Gasteiger partial charge in [0.15, 0.2) is 0 Å². The Morgan fingerprint density at radius 1 is 1.00 bits per heavy atom. The van der Waals surface area contributed by atoms with E-state index in [4.69, 9.17) is 4.74 Å². The molecule has 0 aliphatic carbocycles. The largest absolute Gasteiger partial charge is 0.492 e. The van der Waals surface area contributed by atoms with Crippen LogP contribution in [-0.4, -0.2) is 47.5 Å². The summed E-state index contributed by atoms with van der Waals surface area (Å²) in [7, 11) is 0. The number of fused-ring (bicyclic) bond motifs is 1. The lowest BCUT2D eigenvalue weighted by atomic mass is 10.2. The van der Waals surface area contributed by atoms with Gasteiger partial charge in [-0.25, -0.2) is 4.68 Å². The molecule has 0 spiro atoms. The Labute approximate surface area is 158 Å². The van der Waals surface area contributed by atoms with Gasteiger partial charge in [0.1, 0.15) is 5.75 Å². The van der Waals surface area contributed by atoms with E-state index in [1.807, 2.05) is 49.4 Å². The molecule has 6 nitrogen and oxygen atoms in total. The molecule has 2 heterocycles. The van der Waals surface area contributed by atoms with E-state index in [1.54, 1.807) is 10.9 Å². The van der Waals surface area contributed by atoms with E-state index in [2.05, 4.69) is 21.0 Å². The molecular weight excluding hydrogens is 340 g/mol. The maximum Gasteiger partial charge on any atom is 0.275 e. The van der Waals surface area contributed by atoms with Gasteiger partial charge in [-0.1, -0.05) is 30.3 Å². The second-order valence-electron chi connectivity index (χ2n) is 6.68. The number of rotatable bonds is 5. The van der Waals surface area contributed by atoms with E-state index in [9.17, 15) is 4.79 Å². The highest BCUT2D eigenvalue weighted by atomic mass is 16.5. The summed E-state index contributed by atoms with van der Waals surface area (Å²) in [6.45, 7) is 6.73. The summed E-state index contributed by atoms with van der Waals surface area (Å²) < 4.78 is 7.32. The van der Waals surface area contributed by atoms with Gasteiger partial charge in [-0.05, 0) is 25.1 Å². The summed E-state index contributed by atoms with van der Waals surface area (Å²) >= 11 is 0. The molecule has 6 heteroatoms. The van der Waals surface area contributed by atoms with E-state index in [1.165, 1.54) is 0 Å². The van der Waals surface area contributed by atoms with E-state index >= 15 is 0 Å². The Hall–Kier alpha value is -2.86. The number of hydrogen-bond acceptors (Lipinski definition) is 5. The van der Waals surface area contributed by atoms with Gasteiger partial charge in [0.05, 0.1) is 30.5 Å². The molecule has 27 heavy (non-hydrogen) atoms. The van der Waals surface area contributed by atoms with Crippen LogP contribution in [0.2, 0.25) is 0 Å². The predicted molar refractivity (Wildman–Crippen MR) is 107 cm³/mol. The number of ether oxygens (including phenoxy) is 1. The number of benzene rings is 2. The molecule has 0 unspecified atom stereocenters. The smallest absolute Gasteiger partial charge is 0.275 e. The predicted octanol–water partition coefficient (Wildman–Crippen LogP) is 2.57. The van der Waals surface area contributed by atoms with Gasteiger partial charge in [0, 0.05) is 31.6 Å². The average Bonchev–Trinajstić information content (AvgIpc) is 2.72. The molecule has 3 aromatic rings. The maximum absolute atomic E-state index is 12.7. The molecule has 2 aromatic carbocycles. The van der Waals surface area contributed by atoms with Crippen LogP contribution in [0.1, 0.15) is 6.92 Å². The zero-order chi connectivity index (χ0) is 18.6. The number of para-hydroxylation sites is 2. The molecule has 140 valence electrons. The number of anilines is 1. The van der Waals surface area contributed by atoms with Gasteiger partial charge < -0.3 is 9.64 Å². The third-order valence-corrected chi connectivity index (χ3v) is 4.97. The fourth-order valence-electron chi connectivity index (χ4n) is 3.54. The van der Waals surface area contributed by atoms with Crippen LogP contribution in [0.25, 0.3) is 10.8 Å². The fraction of sp³-hybridized carbons (Fsp3) is 0.333. The number of hydrogen-bond donors (Lipinski definition) is 0. The first-order valence-corrected chi connectivity index (χ1v) is 9.40. The highest BCUT2D eigenvalue weighted by molar-refractivity contribution is 5.80. The molecule has 0 bridgehead atoms. The molecular formula is C21H24N4O2. The van der Waals surface area contributed by atoms with E-state index in [0.29, 0.717) is 13.3 Å². The zero-order valence-electron chi connectivity index (χ0n) is 15.5. The lowest BCUT2D eigenvalue weighted by Gasteiger charge is -2.36. The molecule has 1 aromatic heterocycles. The Morgan fingerprint density at radius 3 is 2.56 bits per heavy atom. The highest BCUT2D eigenvalue weighted by Crippen LogP contribution is 2.28. The van der Waals surface area contributed by atoms with Crippen LogP contribution >= 0.6 is 0 Å². The molecule has 1 fully saturated rings.